The number of nitrogens with zero attached hydrogens (tertiary/aromatic N) is 2. The Morgan fingerprint density at radius 1 is 1.37 bits per heavy atom. The van der Waals surface area contributed by atoms with Gasteiger partial charge in [-0.2, -0.15) is 4.98 Å². The molecule has 0 fully saturated rings. The fourth-order valence-electron chi connectivity index (χ4n) is 1.55. The van der Waals surface area contributed by atoms with Gasteiger partial charge in [0.15, 0.2) is 5.82 Å². The molecule has 1 amide bonds. The van der Waals surface area contributed by atoms with Crippen LogP contribution in [-0.2, 0) is 4.74 Å². The lowest BCUT2D eigenvalue weighted by molar-refractivity contribution is 0.0937. The second-order valence-corrected chi connectivity index (χ2v) is 3.97. The molecule has 0 spiro atoms. The zero-order valence-corrected chi connectivity index (χ0v) is 10.8. The Morgan fingerprint density at radius 3 is 2.68 bits per heavy atom. The van der Waals surface area contributed by atoms with E-state index >= 15 is 0 Å². The predicted molar refractivity (Wildman–Crippen MR) is 68.7 cm³/mol. The summed E-state index contributed by atoms with van der Waals surface area (Å²) in [6, 6.07) is 6.99. The summed E-state index contributed by atoms with van der Waals surface area (Å²) < 4.78 is 9.92. The Balaban J connectivity index is 2.04. The van der Waals surface area contributed by atoms with Gasteiger partial charge in [0.2, 0.25) is 0 Å². The maximum Gasteiger partial charge on any atom is 0.257 e. The monoisotopic (exact) mass is 261 g/mol. The number of carbonyl (C=O) groups excluding carboxylic acids is 1. The molecule has 19 heavy (non-hydrogen) atoms. The van der Waals surface area contributed by atoms with E-state index < -0.39 is 0 Å². The summed E-state index contributed by atoms with van der Waals surface area (Å²) in [5.74, 6) is 0.894. The summed E-state index contributed by atoms with van der Waals surface area (Å²) in [6.07, 6.45) is 0. The quantitative estimate of drug-likeness (QED) is 0.824. The highest BCUT2D eigenvalue weighted by Gasteiger charge is 2.08. The number of hydrogen-bond acceptors (Lipinski definition) is 5. The van der Waals surface area contributed by atoms with Crippen LogP contribution < -0.4 is 5.32 Å². The molecule has 2 rings (SSSR count). The first kappa shape index (κ1) is 13.2. The first-order chi connectivity index (χ1) is 9.20. The van der Waals surface area contributed by atoms with E-state index in [9.17, 15) is 4.79 Å². The maximum atomic E-state index is 11.8. The molecule has 0 aliphatic carbocycles. The lowest BCUT2D eigenvalue weighted by Crippen LogP contribution is -2.26. The summed E-state index contributed by atoms with van der Waals surface area (Å²) >= 11 is 0. The zero-order valence-electron chi connectivity index (χ0n) is 10.8. The Hall–Kier alpha value is -2.21. The van der Waals surface area contributed by atoms with E-state index in [2.05, 4.69) is 15.5 Å². The van der Waals surface area contributed by atoms with Crippen molar-refractivity contribution in [1.82, 2.24) is 15.5 Å². The van der Waals surface area contributed by atoms with Crippen molar-refractivity contribution in [3.63, 3.8) is 0 Å². The Morgan fingerprint density at radius 2 is 2.11 bits per heavy atom. The van der Waals surface area contributed by atoms with Crippen LogP contribution in [0, 0.1) is 6.92 Å². The molecular formula is C13H15N3O3. The molecule has 1 aromatic heterocycles. The van der Waals surface area contributed by atoms with Crippen molar-refractivity contribution in [2.45, 2.75) is 6.92 Å². The lowest BCUT2D eigenvalue weighted by atomic mass is 10.1. The van der Waals surface area contributed by atoms with Crippen LogP contribution in [0.3, 0.4) is 0 Å². The van der Waals surface area contributed by atoms with E-state index in [0.717, 1.165) is 5.56 Å². The number of aromatic nitrogens is 2. The molecule has 0 radical (unpaired) electrons. The van der Waals surface area contributed by atoms with E-state index in [1.165, 1.54) is 0 Å². The fourth-order valence-corrected chi connectivity index (χ4v) is 1.55. The molecule has 1 aromatic carbocycles. The van der Waals surface area contributed by atoms with E-state index in [0.29, 0.717) is 30.4 Å². The molecule has 2 aromatic rings. The number of benzene rings is 1. The Labute approximate surface area is 110 Å². The number of carbonyl (C=O) groups is 1. The van der Waals surface area contributed by atoms with Gasteiger partial charge in [-0.15, -0.1) is 0 Å². The van der Waals surface area contributed by atoms with Crippen LogP contribution in [0.4, 0.5) is 0 Å². The second-order valence-electron chi connectivity index (χ2n) is 3.97. The van der Waals surface area contributed by atoms with Gasteiger partial charge in [0.25, 0.3) is 11.8 Å². The molecule has 0 bridgehead atoms. The largest absolute Gasteiger partial charge is 0.383 e. The summed E-state index contributed by atoms with van der Waals surface area (Å²) in [4.78, 5) is 15.9. The minimum atomic E-state index is -0.134. The Kier molecular flexibility index (Phi) is 4.25. The SMILES string of the molecule is COCCNC(=O)c1ccc(-c2nc(C)no2)cc1. The van der Waals surface area contributed by atoms with Gasteiger partial charge in [-0.3, -0.25) is 4.79 Å². The average Bonchev–Trinajstić information content (AvgIpc) is 2.86. The molecule has 6 nitrogen and oxygen atoms in total. The average molecular weight is 261 g/mol. The van der Waals surface area contributed by atoms with Crippen LogP contribution in [0.2, 0.25) is 0 Å². The zero-order chi connectivity index (χ0) is 13.7. The van der Waals surface area contributed by atoms with Crippen molar-refractivity contribution in [2.24, 2.45) is 0 Å². The molecular weight excluding hydrogens is 246 g/mol. The molecule has 0 unspecified atom stereocenters. The molecule has 100 valence electrons. The first-order valence-corrected chi connectivity index (χ1v) is 5.88. The van der Waals surface area contributed by atoms with Gasteiger partial charge in [-0.1, -0.05) is 5.16 Å². The molecule has 0 aliphatic rings. The van der Waals surface area contributed by atoms with E-state index in [1.54, 1.807) is 38.3 Å². The van der Waals surface area contributed by atoms with E-state index in [-0.39, 0.29) is 5.91 Å². The molecule has 1 N–H and O–H groups in total. The Bertz CT molecular complexity index is 549. The van der Waals surface area contributed by atoms with Crippen LogP contribution >= 0.6 is 0 Å². The third-order valence-corrected chi connectivity index (χ3v) is 2.51. The molecule has 0 aliphatic heterocycles. The number of nitrogens with one attached hydrogen (secondary N) is 1. The third-order valence-electron chi connectivity index (χ3n) is 2.51. The summed E-state index contributed by atoms with van der Waals surface area (Å²) in [7, 11) is 1.59. The first-order valence-electron chi connectivity index (χ1n) is 5.88. The molecule has 1 heterocycles. The van der Waals surface area contributed by atoms with Gasteiger partial charge in [-0.25, -0.2) is 0 Å². The number of hydrogen-bond donors (Lipinski definition) is 1. The normalized spacial score (nSPS) is 10.4. The van der Waals surface area contributed by atoms with E-state index in [1.807, 2.05) is 0 Å². The van der Waals surface area contributed by atoms with Crippen LogP contribution in [-0.4, -0.2) is 36.3 Å². The number of amides is 1. The predicted octanol–water partition coefficient (Wildman–Crippen LogP) is 1.42. The number of ether oxygens (including phenoxy) is 1. The van der Waals surface area contributed by atoms with Gasteiger partial charge in [-0.05, 0) is 31.2 Å². The third kappa shape index (κ3) is 3.38. The summed E-state index contributed by atoms with van der Waals surface area (Å²) in [5, 5.41) is 6.47. The highest BCUT2D eigenvalue weighted by atomic mass is 16.5. The van der Waals surface area contributed by atoms with Crippen molar-refractivity contribution in [2.75, 3.05) is 20.3 Å². The van der Waals surface area contributed by atoms with Crippen molar-refractivity contribution < 1.29 is 14.1 Å². The van der Waals surface area contributed by atoms with Crippen LogP contribution in [0.1, 0.15) is 16.2 Å². The molecule has 0 atom stereocenters. The minimum Gasteiger partial charge on any atom is -0.383 e. The van der Waals surface area contributed by atoms with Crippen LogP contribution in [0.25, 0.3) is 11.5 Å². The second kappa shape index (κ2) is 6.10. The van der Waals surface area contributed by atoms with Crippen molar-refractivity contribution in [3.05, 3.63) is 35.7 Å². The molecule has 6 heteroatoms. The highest BCUT2D eigenvalue weighted by Crippen LogP contribution is 2.17. The molecule has 0 saturated carbocycles. The number of aryl methyl sites for hydroxylation is 1. The van der Waals surface area contributed by atoms with Crippen molar-refractivity contribution >= 4 is 5.91 Å². The van der Waals surface area contributed by atoms with E-state index in [4.69, 9.17) is 9.26 Å². The smallest absolute Gasteiger partial charge is 0.257 e. The van der Waals surface area contributed by atoms with Gasteiger partial charge < -0.3 is 14.6 Å². The van der Waals surface area contributed by atoms with Crippen LogP contribution in [0.15, 0.2) is 28.8 Å². The lowest BCUT2D eigenvalue weighted by Gasteiger charge is -2.04. The molecule has 0 saturated heterocycles. The van der Waals surface area contributed by atoms with Gasteiger partial charge in [0.1, 0.15) is 0 Å². The van der Waals surface area contributed by atoms with Crippen molar-refractivity contribution in [3.8, 4) is 11.5 Å². The van der Waals surface area contributed by atoms with Gasteiger partial charge >= 0.3 is 0 Å². The topological polar surface area (TPSA) is 77.2 Å². The van der Waals surface area contributed by atoms with Crippen LogP contribution in [0.5, 0.6) is 0 Å². The number of rotatable bonds is 5. The van der Waals surface area contributed by atoms with Crippen molar-refractivity contribution in [1.29, 1.82) is 0 Å². The fraction of sp³-hybridized carbons (Fsp3) is 0.308. The summed E-state index contributed by atoms with van der Waals surface area (Å²) in [6.45, 7) is 2.73. The number of methoxy groups -OCH3 is 1. The minimum absolute atomic E-state index is 0.134. The maximum absolute atomic E-state index is 11.8. The van der Waals surface area contributed by atoms with Gasteiger partial charge in [0, 0.05) is 24.8 Å². The standard InChI is InChI=1S/C13H15N3O3/c1-9-15-13(19-16-9)11-5-3-10(4-6-11)12(17)14-7-8-18-2/h3-6H,7-8H2,1-2H3,(H,14,17). The van der Waals surface area contributed by atoms with Gasteiger partial charge in [0.05, 0.1) is 6.61 Å². The summed E-state index contributed by atoms with van der Waals surface area (Å²) in [5.41, 5.74) is 1.37. The highest BCUT2D eigenvalue weighted by molar-refractivity contribution is 5.94.